The van der Waals surface area contributed by atoms with Gasteiger partial charge in [-0.15, -0.1) is 0 Å². The zero-order chi connectivity index (χ0) is 19.2. The molecule has 1 aromatic heterocycles. The lowest BCUT2D eigenvalue weighted by molar-refractivity contribution is 0.623. The summed E-state index contributed by atoms with van der Waals surface area (Å²) in [7, 11) is 0. The summed E-state index contributed by atoms with van der Waals surface area (Å²) in [4.78, 5) is 0. The second kappa shape index (κ2) is 8.97. The highest BCUT2D eigenvalue weighted by molar-refractivity contribution is 7.80. The minimum Gasteiger partial charge on any atom is -0.362 e. The molecule has 0 saturated carbocycles. The number of nitrogens with zero attached hydrogens (tertiary/aromatic N) is 2. The standard InChI is InChI=1S/C20H20ClFN4S/c1-14-11-19(24-20(27)23-10-9-15-5-3-2-4-6-15)25-26(14)13-16-7-8-17(22)12-18(16)21/h2-8,11-12H,9-10,13H2,1H3,(H2,23,24,25,27). The van der Waals surface area contributed by atoms with E-state index >= 15 is 0 Å². The van der Waals surface area contributed by atoms with Gasteiger partial charge < -0.3 is 10.6 Å². The van der Waals surface area contributed by atoms with Crippen LogP contribution in [0, 0.1) is 12.7 Å². The highest BCUT2D eigenvalue weighted by atomic mass is 35.5. The van der Waals surface area contributed by atoms with Gasteiger partial charge in [-0.1, -0.05) is 48.0 Å². The van der Waals surface area contributed by atoms with Gasteiger partial charge in [-0.25, -0.2) is 4.39 Å². The Morgan fingerprint density at radius 3 is 2.70 bits per heavy atom. The fraction of sp³-hybridized carbons (Fsp3) is 0.200. The Morgan fingerprint density at radius 2 is 1.96 bits per heavy atom. The maximum absolute atomic E-state index is 13.2. The summed E-state index contributed by atoms with van der Waals surface area (Å²) in [6.45, 7) is 3.14. The van der Waals surface area contributed by atoms with Crippen molar-refractivity contribution < 1.29 is 4.39 Å². The zero-order valence-electron chi connectivity index (χ0n) is 14.9. The van der Waals surface area contributed by atoms with E-state index in [0.29, 0.717) is 22.5 Å². The molecule has 0 bridgehead atoms. The lowest BCUT2D eigenvalue weighted by Gasteiger charge is -2.09. The molecule has 0 atom stereocenters. The largest absolute Gasteiger partial charge is 0.362 e. The molecule has 0 spiro atoms. The molecule has 27 heavy (non-hydrogen) atoms. The molecule has 0 aliphatic rings. The zero-order valence-corrected chi connectivity index (χ0v) is 16.4. The van der Waals surface area contributed by atoms with Crippen molar-refractivity contribution in [2.24, 2.45) is 0 Å². The van der Waals surface area contributed by atoms with Gasteiger partial charge >= 0.3 is 0 Å². The summed E-state index contributed by atoms with van der Waals surface area (Å²) in [6, 6.07) is 16.5. The van der Waals surface area contributed by atoms with E-state index in [-0.39, 0.29) is 5.82 Å². The molecular weight excluding hydrogens is 383 g/mol. The molecule has 0 unspecified atom stereocenters. The van der Waals surface area contributed by atoms with Crippen molar-refractivity contribution in [1.29, 1.82) is 0 Å². The molecule has 3 aromatic rings. The van der Waals surface area contributed by atoms with Crippen LogP contribution < -0.4 is 10.6 Å². The van der Waals surface area contributed by atoms with Crippen molar-refractivity contribution in [2.45, 2.75) is 19.9 Å². The van der Waals surface area contributed by atoms with E-state index < -0.39 is 0 Å². The van der Waals surface area contributed by atoms with Crippen LogP contribution in [0.25, 0.3) is 0 Å². The molecule has 1 heterocycles. The van der Waals surface area contributed by atoms with Crippen molar-refractivity contribution in [3.05, 3.63) is 82.3 Å². The molecule has 0 amide bonds. The number of hydrogen-bond acceptors (Lipinski definition) is 2. The molecule has 0 radical (unpaired) electrons. The average molecular weight is 403 g/mol. The number of rotatable bonds is 6. The van der Waals surface area contributed by atoms with E-state index in [1.807, 2.05) is 31.2 Å². The second-order valence-corrected chi connectivity index (χ2v) is 7.00. The summed E-state index contributed by atoms with van der Waals surface area (Å²) in [5, 5.41) is 11.7. The Kier molecular flexibility index (Phi) is 6.42. The number of halogens is 2. The first-order chi connectivity index (χ1) is 13.0. The van der Waals surface area contributed by atoms with E-state index in [4.69, 9.17) is 23.8 Å². The molecule has 0 saturated heterocycles. The first-order valence-corrected chi connectivity index (χ1v) is 9.37. The summed E-state index contributed by atoms with van der Waals surface area (Å²) in [5.74, 6) is 0.304. The van der Waals surface area contributed by atoms with Crippen LogP contribution in [-0.2, 0) is 13.0 Å². The topological polar surface area (TPSA) is 41.9 Å². The first-order valence-electron chi connectivity index (χ1n) is 8.58. The average Bonchev–Trinajstić information content (AvgIpc) is 2.97. The number of thiocarbonyl (C=S) groups is 1. The Bertz CT molecular complexity index is 927. The fourth-order valence-corrected chi connectivity index (χ4v) is 3.10. The highest BCUT2D eigenvalue weighted by Gasteiger charge is 2.09. The van der Waals surface area contributed by atoms with Gasteiger partial charge in [-0.3, -0.25) is 4.68 Å². The van der Waals surface area contributed by atoms with Gasteiger partial charge in [0.1, 0.15) is 5.82 Å². The molecule has 0 aliphatic carbocycles. The van der Waals surface area contributed by atoms with Crippen LogP contribution in [0.15, 0.2) is 54.6 Å². The second-order valence-electron chi connectivity index (χ2n) is 6.18. The molecule has 0 fully saturated rings. The number of aryl methyl sites for hydroxylation is 1. The molecule has 3 rings (SSSR count). The van der Waals surface area contributed by atoms with Crippen LogP contribution >= 0.6 is 23.8 Å². The van der Waals surface area contributed by atoms with Crippen LogP contribution in [0.4, 0.5) is 10.2 Å². The predicted octanol–water partition coefficient (Wildman–Crippen LogP) is 4.56. The SMILES string of the molecule is Cc1cc(NC(=S)NCCc2ccccc2)nn1Cc1ccc(F)cc1Cl. The monoisotopic (exact) mass is 402 g/mol. The van der Waals surface area contributed by atoms with Gasteiger partial charge in [-0.05, 0) is 48.8 Å². The molecule has 4 nitrogen and oxygen atoms in total. The lowest BCUT2D eigenvalue weighted by atomic mass is 10.1. The van der Waals surface area contributed by atoms with Gasteiger partial charge in [0.2, 0.25) is 0 Å². The van der Waals surface area contributed by atoms with E-state index in [2.05, 4.69) is 27.9 Å². The highest BCUT2D eigenvalue weighted by Crippen LogP contribution is 2.19. The Balaban J connectivity index is 1.55. The van der Waals surface area contributed by atoms with E-state index in [9.17, 15) is 4.39 Å². The minimum atomic E-state index is -0.352. The van der Waals surface area contributed by atoms with E-state index in [1.165, 1.54) is 17.7 Å². The van der Waals surface area contributed by atoms with Crippen molar-refractivity contribution >= 4 is 34.7 Å². The lowest BCUT2D eigenvalue weighted by Crippen LogP contribution is -2.30. The molecule has 7 heteroatoms. The predicted molar refractivity (Wildman–Crippen MR) is 112 cm³/mol. The number of nitrogens with one attached hydrogen (secondary N) is 2. The molecular formula is C20H20ClFN4S. The minimum absolute atomic E-state index is 0.352. The molecule has 140 valence electrons. The van der Waals surface area contributed by atoms with Crippen molar-refractivity contribution in [3.8, 4) is 0 Å². The summed E-state index contributed by atoms with van der Waals surface area (Å²) in [5.41, 5.74) is 3.01. The number of hydrogen-bond donors (Lipinski definition) is 2. The molecule has 0 aliphatic heterocycles. The van der Waals surface area contributed by atoms with Crippen molar-refractivity contribution in [1.82, 2.24) is 15.1 Å². The molecule has 2 aromatic carbocycles. The van der Waals surface area contributed by atoms with E-state index in [1.54, 1.807) is 10.7 Å². The summed E-state index contributed by atoms with van der Waals surface area (Å²) in [6.07, 6.45) is 0.888. The fourth-order valence-electron chi connectivity index (χ4n) is 2.67. The van der Waals surface area contributed by atoms with Crippen LogP contribution in [0.1, 0.15) is 16.8 Å². The normalized spacial score (nSPS) is 10.6. The number of benzene rings is 2. The number of anilines is 1. The van der Waals surface area contributed by atoms with E-state index in [0.717, 1.165) is 24.2 Å². The third kappa shape index (κ3) is 5.52. The third-order valence-electron chi connectivity index (χ3n) is 4.10. The van der Waals surface area contributed by atoms with Crippen LogP contribution in [0.3, 0.4) is 0 Å². The Morgan fingerprint density at radius 1 is 1.19 bits per heavy atom. The number of aromatic nitrogens is 2. The molecule has 2 N–H and O–H groups in total. The quantitative estimate of drug-likeness (QED) is 0.593. The van der Waals surface area contributed by atoms with Crippen LogP contribution in [0.2, 0.25) is 5.02 Å². The van der Waals surface area contributed by atoms with Gasteiger partial charge in [-0.2, -0.15) is 5.10 Å². The van der Waals surface area contributed by atoms with Crippen molar-refractivity contribution in [3.63, 3.8) is 0 Å². The Hall–Kier alpha value is -2.44. The van der Waals surface area contributed by atoms with Crippen LogP contribution in [-0.4, -0.2) is 21.4 Å². The van der Waals surface area contributed by atoms with Crippen molar-refractivity contribution in [2.75, 3.05) is 11.9 Å². The maximum atomic E-state index is 13.2. The van der Waals surface area contributed by atoms with Gasteiger partial charge in [0.05, 0.1) is 6.54 Å². The summed E-state index contributed by atoms with van der Waals surface area (Å²) >= 11 is 11.4. The van der Waals surface area contributed by atoms with Crippen LogP contribution in [0.5, 0.6) is 0 Å². The van der Waals surface area contributed by atoms with Gasteiger partial charge in [0, 0.05) is 23.3 Å². The smallest absolute Gasteiger partial charge is 0.172 e. The summed E-state index contributed by atoms with van der Waals surface area (Å²) < 4.78 is 15.0. The van der Waals surface area contributed by atoms with Gasteiger partial charge in [0.15, 0.2) is 10.9 Å². The first kappa shape index (κ1) is 19.3. The Labute approximate surface area is 168 Å². The third-order valence-corrected chi connectivity index (χ3v) is 4.70. The maximum Gasteiger partial charge on any atom is 0.172 e. The van der Waals surface area contributed by atoms with Gasteiger partial charge in [0.25, 0.3) is 0 Å².